The third kappa shape index (κ3) is 1.46. The summed E-state index contributed by atoms with van der Waals surface area (Å²) in [5.74, 6) is 0. The number of aliphatic hydroxyl groups is 1. The average molecular weight is 178 g/mol. The maximum Gasteiger partial charge on any atom is 0.102 e. The van der Waals surface area contributed by atoms with Crippen LogP contribution >= 0.6 is 0 Å². The average Bonchev–Trinajstić information content (AvgIpc) is 2.71. The highest BCUT2D eigenvalue weighted by Crippen LogP contribution is 2.05. The monoisotopic (exact) mass is 178 g/mol. The van der Waals surface area contributed by atoms with Gasteiger partial charge in [0.05, 0.1) is 24.7 Å². The summed E-state index contributed by atoms with van der Waals surface area (Å²) in [6.45, 7) is -0.0345. The van der Waals surface area contributed by atoms with Gasteiger partial charge < -0.3 is 5.11 Å². The molecular formula is C8H10N4O. The van der Waals surface area contributed by atoms with Gasteiger partial charge in [-0.15, -0.1) is 0 Å². The molecule has 1 N–H and O–H groups in total. The lowest BCUT2D eigenvalue weighted by Crippen LogP contribution is -1.94. The Balaban J connectivity index is 2.35. The van der Waals surface area contributed by atoms with Crippen LogP contribution in [0.3, 0.4) is 0 Å². The molecule has 0 bridgehead atoms. The standard InChI is InChI=1S/C8H10N4O/c1-11-5-8(4-9-11)12-3-2-7(6-13)10-12/h2-5,13H,6H2,1H3. The summed E-state index contributed by atoms with van der Waals surface area (Å²) in [5, 5.41) is 17.0. The number of hydrogen-bond acceptors (Lipinski definition) is 3. The van der Waals surface area contributed by atoms with Crippen LogP contribution in [0.4, 0.5) is 0 Å². The molecule has 0 unspecified atom stereocenters. The van der Waals surface area contributed by atoms with Crippen molar-refractivity contribution < 1.29 is 5.11 Å². The zero-order chi connectivity index (χ0) is 9.26. The summed E-state index contributed by atoms with van der Waals surface area (Å²) in [4.78, 5) is 0. The van der Waals surface area contributed by atoms with Gasteiger partial charge in [0.15, 0.2) is 0 Å². The largest absolute Gasteiger partial charge is 0.390 e. The second-order valence-electron chi connectivity index (χ2n) is 2.78. The second kappa shape index (κ2) is 3.02. The molecule has 0 amide bonds. The van der Waals surface area contributed by atoms with Crippen LogP contribution in [0.2, 0.25) is 0 Å². The Labute approximate surface area is 75.2 Å². The Morgan fingerprint density at radius 1 is 1.54 bits per heavy atom. The van der Waals surface area contributed by atoms with Crippen molar-refractivity contribution in [3.05, 3.63) is 30.4 Å². The van der Waals surface area contributed by atoms with Crippen LogP contribution in [-0.2, 0) is 13.7 Å². The third-order valence-corrected chi connectivity index (χ3v) is 1.76. The minimum Gasteiger partial charge on any atom is -0.390 e. The molecule has 5 nitrogen and oxygen atoms in total. The number of hydrogen-bond donors (Lipinski definition) is 1. The summed E-state index contributed by atoms with van der Waals surface area (Å²) in [6, 6.07) is 1.77. The first-order chi connectivity index (χ1) is 6.29. The Bertz CT molecular complexity index is 404. The first-order valence-electron chi connectivity index (χ1n) is 3.94. The molecule has 68 valence electrons. The minimum absolute atomic E-state index is 0.0345. The lowest BCUT2D eigenvalue weighted by atomic mass is 10.5. The van der Waals surface area contributed by atoms with Gasteiger partial charge in [-0.2, -0.15) is 10.2 Å². The predicted molar refractivity (Wildman–Crippen MR) is 46.3 cm³/mol. The van der Waals surface area contributed by atoms with E-state index in [1.165, 1.54) is 0 Å². The number of aryl methyl sites for hydroxylation is 1. The Kier molecular flexibility index (Phi) is 1.86. The molecule has 0 aliphatic heterocycles. The van der Waals surface area contributed by atoms with Crippen LogP contribution in [-0.4, -0.2) is 24.7 Å². The molecule has 0 aliphatic carbocycles. The first-order valence-corrected chi connectivity index (χ1v) is 3.94. The van der Waals surface area contributed by atoms with E-state index >= 15 is 0 Å². The summed E-state index contributed by atoms with van der Waals surface area (Å²) < 4.78 is 3.38. The van der Waals surface area contributed by atoms with E-state index in [9.17, 15) is 0 Å². The van der Waals surface area contributed by atoms with Gasteiger partial charge >= 0.3 is 0 Å². The van der Waals surface area contributed by atoms with Crippen molar-refractivity contribution in [2.75, 3.05) is 0 Å². The topological polar surface area (TPSA) is 55.9 Å². The quantitative estimate of drug-likeness (QED) is 0.709. The minimum atomic E-state index is -0.0345. The Morgan fingerprint density at radius 2 is 2.38 bits per heavy atom. The zero-order valence-corrected chi connectivity index (χ0v) is 7.25. The van der Waals surface area contributed by atoms with Gasteiger partial charge in [-0.05, 0) is 6.07 Å². The summed E-state index contributed by atoms with van der Waals surface area (Å²) in [7, 11) is 1.85. The van der Waals surface area contributed by atoms with Crippen molar-refractivity contribution in [3.8, 4) is 5.69 Å². The summed E-state index contributed by atoms with van der Waals surface area (Å²) in [5.41, 5.74) is 1.55. The Morgan fingerprint density at radius 3 is 2.92 bits per heavy atom. The van der Waals surface area contributed by atoms with Crippen molar-refractivity contribution in [1.29, 1.82) is 0 Å². The number of rotatable bonds is 2. The van der Waals surface area contributed by atoms with E-state index in [4.69, 9.17) is 5.11 Å². The van der Waals surface area contributed by atoms with E-state index < -0.39 is 0 Å². The molecule has 2 heterocycles. The highest BCUT2D eigenvalue weighted by Gasteiger charge is 2.01. The molecule has 5 heteroatoms. The number of nitrogens with zero attached hydrogens (tertiary/aromatic N) is 4. The van der Waals surface area contributed by atoms with E-state index in [0.717, 1.165) is 5.69 Å². The van der Waals surface area contributed by atoms with E-state index in [2.05, 4.69) is 10.2 Å². The molecule has 2 aromatic rings. The first kappa shape index (κ1) is 8.00. The molecule has 2 rings (SSSR count). The van der Waals surface area contributed by atoms with Crippen LogP contribution < -0.4 is 0 Å². The SMILES string of the molecule is Cn1cc(-n2ccc(CO)n2)cn1. The predicted octanol–water partition coefficient (Wildman–Crippen LogP) is 0.0981. The van der Waals surface area contributed by atoms with Gasteiger partial charge in [0.25, 0.3) is 0 Å². The highest BCUT2D eigenvalue weighted by atomic mass is 16.3. The fourth-order valence-corrected chi connectivity index (χ4v) is 1.12. The molecule has 0 saturated heterocycles. The molecule has 0 radical (unpaired) electrons. The van der Waals surface area contributed by atoms with Crippen molar-refractivity contribution >= 4 is 0 Å². The van der Waals surface area contributed by atoms with Crippen LogP contribution in [0.15, 0.2) is 24.7 Å². The molecular weight excluding hydrogens is 168 g/mol. The maximum absolute atomic E-state index is 8.81. The fraction of sp³-hybridized carbons (Fsp3) is 0.250. The molecule has 0 aliphatic rings. The normalized spacial score (nSPS) is 10.6. The molecule has 0 atom stereocenters. The van der Waals surface area contributed by atoms with Crippen LogP contribution in [0.25, 0.3) is 5.69 Å². The highest BCUT2D eigenvalue weighted by molar-refractivity contribution is 5.24. The number of aromatic nitrogens is 4. The summed E-state index contributed by atoms with van der Waals surface area (Å²) in [6.07, 6.45) is 5.37. The molecule has 0 spiro atoms. The fourth-order valence-electron chi connectivity index (χ4n) is 1.12. The Hall–Kier alpha value is -1.62. The van der Waals surface area contributed by atoms with Gasteiger partial charge in [0.2, 0.25) is 0 Å². The van der Waals surface area contributed by atoms with Crippen molar-refractivity contribution in [1.82, 2.24) is 19.6 Å². The van der Waals surface area contributed by atoms with Gasteiger partial charge in [-0.25, -0.2) is 4.68 Å². The van der Waals surface area contributed by atoms with Crippen LogP contribution in [0.1, 0.15) is 5.69 Å². The number of aliphatic hydroxyl groups excluding tert-OH is 1. The van der Waals surface area contributed by atoms with Gasteiger partial charge in [-0.1, -0.05) is 0 Å². The van der Waals surface area contributed by atoms with E-state index in [-0.39, 0.29) is 6.61 Å². The van der Waals surface area contributed by atoms with Gasteiger partial charge in [0, 0.05) is 13.2 Å². The molecule has 0 saturated carbocycles. The van der Waals surface area contributed by atoms with E-state index in [1.54, 1.807) is 27.8 Å². The summed E-state index contributed by atoms with van der Waals surface area (Å²) >= 11 is 0. The lowest BCUT2D eigenvalue weighted by molar-refractivity contribution is 0.276. The van der Waals surface area contributed by atoms with Gasteiger partial charge in [-0.3, -0.25) is 4.68 Å². The van der Waals surface area contributed by atoms with E-state index in [1.807, 2.05) is 13.2 Å². The smallest absolute Gasteiger partial charge is 0.102 e. The van der Waals surface area contributed by atoms with E-state index in [0.29, 0.717) is 5.69 Å². The van der Waals surface area contributed by atoms with Crippen LogP contribution in [0, 0.1) is 0 Å². The molecule has 2 aromatic heterocycles. The molecule has 0 fully saturated rings. The van der Waals surface area contributed by atoms with Gasteiger partial charge in [0.1, 0.15) is 5.69 Å². The van der Waals surface area contributed by atoms with Crippen molar-refractivity contribution in [2.45, 2.75) is 6.61 Å². The maximum atomic E-state index is 8.81. The van der Waals surface area contributed by atoms with Crippen molar-refractivity contribution in [3.63, 3.8) is 0 Å². The van der Waals surface area contributed by atoms with Crippen molar-refractivity contribution in [2.24, 2.45) is 7.05 Å². The second-order valence-corrected chi connectivity index (χ2v) is 2.78. The third-order valence-electron chi connectivity index (χ3n) is 1.76. The molecule has 13 heavy (non-hydrogen) atoms. The molecule has 0 aromatic carbocycles. The van der Waals surface area contributed by atoms with Crippen LogP contribution in [0.5, 0.6) is 0 Å². The zero-order valence-electron chi connectivity index (χ0n) is 7.25. The lowest BCUT2D eigenvalue weighted by Gasteiger charge is -1.93.